The first-order chi connectivity index (χ1) is 7.00. The molecule has 0 aliphatic heterocycles. The second-order valence-electron chi connectivity index (χ2n) is 4.13. The van der Waals surface area contributed by atoms with Gasteiger partial charge in [-0.25, -0.2) is 0 Å². The third-order valence-corrected chi connectivity index (χ3v) is 2.61. The Morgan fingerprint density at radius 1 is 1.27 bits per heavy atom. The molecule has 0 unspecified atom stereocenters. The topological polar surface area (TPSA) is 20.2 Å². The van der Waals surface area contributed by atoms with E-state index in [1.807, 2.05) is 51.1 Å². The van der Waals surface area contributed by atoms with Gasteiger partial charge in [-0.15, -0.1) is 0 Å². The normalized spacial score (nSPS) is 14.4. The summed E-state index contributed by atoms with van der Waals surface area (Å²) in [6.45, 7) is 5.95. The van der Waals surface area contributed by atoms with Gasteiger partial charge in [0.05, 0.1) is 6.10 Å². The van der Waals surface area contributed by atoms with Crippen LogP contribution in [-0.2, 0) is 0 Å². The summed E-state index contributed by atoms with van der Waals surface area (Å²) in [6, 6.07) is 7.59. The van der Waals surface area contributed by atoms with Gasteiger partial charge in [-0.1, -0.05) is 43.7 Å². The zero-order valence-electron chi connectivity index (χ0n) is 9.37. The quantitative estimate of drug-likeness (QED) is 0.829. The van der Waals surface area contributed by atoms with Crippen LogP contribution >= 0.6 is 11.6 Å². The molecule has 0 saturated heterocycles. The average Bonchev–Trinajstić information content (AvgIpc) is 2.20. The summed E-state index contributed by atoms with van der Waals surface area (Å²) in [5, 5.41) is 10.5. The summed E-state index contributed by atoms with van der Waals surface area (Å²) < 4.78 is 0. The molecule has 1 aromatic carbocycles. The number of aliphatic hydroxyl groups is 1. The lowest BCUT2D eigenvalue weighted by molar-refractivity contribution is 0.161. The standard InChI is InChI=1S/C13H17ClO/c1-9(2)13(15)10(3)8-11-4-6-12(14)7-5-11/h4-9,13,15H,1-3H3/b10-8+/t13-/m1/s1. The lowest BCUT2D eigenvalue weighted by atomic mass is 9.98. The second kappa shape index (κ2) is 5.34. The molecule has 1 atom stereocenters. The third kappa shape index (κ3) is 3.69. The van der Waals surface area contributed by atoms with Crippen LogP contribution in [0.3, 0.4) is 0 Å². The minimum absolute atomic E-state index is 0.244. The molecule has 1 rings (SSSR count). The highest BCUT2D eigenvalue weighted by Gasteiger charge is 2.10. The van der Waals surface area contributed by atoms with Crippen molar-refractivity contribution in [3.63, 3.8) is 0 Å². The van der Waals surface area contributed by atoms with E-state index in [0.717, 1.165) is 16.2 Å². The molecule has 0 amide bonds. The van der Waals surface area contributed by atoms with Crippen molar-refractivity contribution in [3.8, 4) is 0 Å². The first-order valence-corrected chi connectivity index (χ1v) is 5.50. The van der Waals surface area contributed by atoms with Crippen LogP contribution in [0.5, 0.6) is 0 Å². The van der Waals surface area contributed by atoms with Crippen molar-refractivity contribution in [1.82, 2.24) is 0 Å². The van der Waals surface area contributed by atoms with E-state index in [1.54, 1.807) is 0 Å². The fraction of sp³-hybridized carbons (Fsp3) is 0.385. The monoisotopic (exact) mass is 224 g/mol. The largest absolute Gasteiger partial charge is 0.388 e. The minimum Gasteiger partial charge on any atom is -0.388 e. The summed E-state index contributed by atoms with van der Waals surface area (Å²) in [5.41, 5.74) is 2.05. The van der Waals surface area contributed by atoms with Gasteiger partial charge in [0, 0.05) is 5.02 Å². The van der Waals surface area contributed by atoms with Gasteiger partial charge >= 0.3 is 0 Å². The summed E-state index contributed by atoms with van der Waals surface area (Å²) in [7, 11) is 0. The van der Waals surface area contributed by atoms with E-state index >= 15 is 0 Å². The maximum absolute atomic E-state index is 9.82. The number of rotatable bonds is 3. The first kappa shape index (κ1) is 12.3. The summed E-state index contributed by atoms with van der Waals surface area (Å²) in [5.74, 6) is 0.244. The lowest BCUT2D eigenvalue weighted by Gasteiger charge is -2.15. The molecule has 0 bridgehead atoms. The van der Waals surface area contributed by atoms with Crippen LogP contribution in [0.15, 0.2) is 29.8 Å². The highest BCUT2D eigenvalue weighted by atomic mass is 35.5. The van der Waals surface area contributed by atoms with E-state index in [0.29, 0.717) is 0 Å². The fourth-order valence-electron chi connectivity index (χ4n) is 1.43. The molecular formula is C13H17ClO. The number of hydrogen-bond acceptors (Lipinski definition) is 1. The van der Waals surface area contributed by atoms with Crippen molar-refractivity contribution < 1.29 is 5.11 Å². The van der Waals surface area contributed by atoms with E-state index in [2.05, 4.69) is 0 Å². The molecule has 2 heteroatoms. The Morgan fingerprint density at radius 3 is 2.27 bits per heavy atom. The highest BCUT2D eigenvalue weighted by molar-refractivity contribution is 6.30. The molecule has 1 N–H and O–H groups in total. The van der Waals surface area contributed by atoms with Gasteiger partial charge in [0.1, 0.15) is 0 Å². The smallest absolute Gasteiger partial charge is 0.0773 e. The Kier molecular flexibility index (Phi) is 4.37. The van der Waals surface area contributed by atoms with Gasteiger partial charge in [0.25, 0.3) is 0 Å². The number of benzene rings is 1. The molecule has 1 nitrogen and oxygen atoms in total. The molecule has 0 radical (unpaired) electrons. The molecule has 0 heterocycles. The molecule has 1 aromatic rings. The molecule has 0 saturated carbocycles. The lowest BCUT2D eigenvalue weighted by Crippen LogP contribution is -2.15. The van der Waals surface area contributed by atoms with Gasteiger partial charge < -0.3 is 5.11 Å². The van der Waals surface area contributed by atoms with Crippen molar-refractivity contribution >= 4 is 17.7 Å². The molecule has 0 aliphatic rings. The summed E-state index contributed by atoms with van der Waals surface area (Å²) >= 11 is 5.79. The van der Waals surface area contributed by atoms with Crippen LogP contribution in [0.2, 0.25) is 5.02 Å². The first-order valence-electron chi connectivity index (χ1n) is 5.12. The van der Waals surface area contributed by atoms with Crippen molar-refractivity contribution in [2.45, 2.75) is 26.9 Å². The maximum atomic E-state index is 9.82. The van der Waals surface area contributed by atoms with E-state index in [9.17, 15) is 5.11 Å². The van der Waals surface area contributed by atoms with Crippen molar-refractivity contribution in [2.24, 2.45) is 5.92 Å². The van der Waals surface area contributed by atoms with Gasteiger partial charge in [-0.2, -0.15) is 0 Å². The predicted molar refractivity (Wildman–Crippen MR) is 65.9 cm³/mol. The molecule has 82 valence electrons. The van der Waals surface area contributed by atoms with Crippen LogP contribution in [-0.4, -0.2) is 11.2 Å². The van der Waals surface area contributed by atoms with Gasteiger partial charge in [0.15, 0.2) is 0 Å². The van der Waals surface area contributed by atoms with E-state index < -0.39 is 0 Å². The van der Waals surface area contributed by atoms with Crippen molar-refractivity contribution in [3.05, 3.63) is 40.4 Å². The fourth-order valence-corrected chi connectivity index (χ4v) is 1.56. The zero-order chi connectivity index (χ0) is 11.4. The van der Waals surface area contributed by atoms with Crippen LogP contribution in [0.25, 0.3) is 6.08 Å². The van der Waals surface area contributed by atoms with Crippen LogP contribution in [0.4, 0.5) is 0 Å². The Morgan fingerprint density at radius 2 is 1.80 bits per heavy atom. The van der Waals surface area contributed by atoms with Crippen LogP contribution < -0.4 is 0 Å². The van der Waals surface area contributed by atoms with Crippen molar-refractivity contribution in [1.29, 1.82) is 0 Å². The Bertz CT molecular complexity index is 338. The zero-order valence-corrected chi connectivity index (χ0v) is 10.1. The molecule has 0 aromatic heterocycles. The Hall–Kier alpha value is -0.790. The van der Waals surface area contributed by atoms with Crippen LogP contribution in [0, 0.1) is 5.92 Å². The number of halogens is 1. The van der Waals surface area contributed by atoms with Gasteiger partial charge in [-0.05, 0) is 36.1 Å². The maximum Gasteiger partial charge on any atom is 0.0773 e. The Balaban J connectivity index is 2.83. The third-order valence-electron chi connectivity index (χ3n) is 2.36. The van der Waals surface area contributed by atoms with Gasteiger partial charge in [0.2, 0.25) is 0 Å². The van der Waals surface area contributed by atoms with E-state index in [4.69, 9.17) is 11.6 Å². The molecular weight excluding hydrogens is 208 g/mol. The molecule has 0 spiro atoms. The predicted octanol–water partition coefficient (Wildman–Crippen LogP) is 3.76. The SMILES string of the molecule is C/C(=C\c1ccc(Cl)cc1)[C@H](O)C(C)C. The van der Waals surface area contributed by atoms with E-state index in [1.165, 1.54) is 0 Å². The van der Waals surface area contributed by atoms with Crippen LogP contribution in [0.1, 0.15) is 26.3 Å². The summed E-state index contributed by atoms with van der Waals surface area (Å²) in [6.07, 6.45) is 1.61. The van der Waals surface area contributed by atoms with E-state index in [-0.39, 0.29) is 12.0 Å². The van der Waals surface area contributed by atoms with Crippen molar-refractivity contribution in [2.75, 3.05) is 0 Å². The average molecular weight is 225 g/mol. The molecule has 0 fully saturated rings. The number of hydrogen-bond donors (Lipinski definition) is 1. The number of aliphatic hydroxyl groups excluding tert-OH is 1. The van der Waals surface area contributed by atoms with Gasteiger partial charge in [-0.3, -0.25) is 0 Å². The summed E-state index contributed by atoms with van der Waals surface area (Å²) in [4.78, 5) is 0. The Labute approximate surface area is 96.4 Å². The highest BCUT2D eigenvalue weighted by Crippen LogP contribution is 2.17. The molecule has 0 aliphatic carbocycles. The molecule has 15 heavy (non-hydrogen) atoms. The minimum atomic E-state index is -0.374. The second-order valence-corrected chi connectivity index (χ2v) is 4.57.